The second kappa shape index (κ2) is 6.33. The molecule has 2 aromatic rings. The van der Waals surface area contributed by atoms with Gasteiger partial charge >= 0.3 is 0 Å². The molecule has 19 heavy (non-hydrogen) atoms. The minimum atomic E-state index is 0.0803. The summed E-state index contributed by atoms with van der Waals surface area (Å²) < 4.78 is 10.5. The Bertz CT molecular complexity index is 525. The van der Waals surface area contributed by atoms with E-state index in [2.05, 4.69) is 10.1 Å². The molecule has 0 bridgehead atoms. The highest BCUT2D eigenvalue weighted by Crippen LogP contribution is 2.20. The summed E-state index contributed by atoms with van der Waals surface area (Å²) >= 11 is 0. The van der Waals surface area contributed by atoms with E-state index < -0.39 is 0 Å². The highest BCUT2D eigenvalue weighted by Gasteiger charge is 2.12. The van der Waals surface area contributed by atoms with Crippen LogP contribution < -0.4 is 10.5 Å². The lowest BCUT2D eigenvalue weighted by Gasteiger charge is -2.05. The van der Waals surface area contributed by atoms with Crippen molar-refractivity contribution >= 4 is 0 Å². The molecule has 0 aliphatic rings. The van der Waals surface area contributed by atoms with Crippen LogP contribution in [0.25, 0.3) is 0 Å². The van der Waals surface area contributed by atoms with Crippen molar-refractivity contribution in [2.24, 2.45) is 5.73 Å². The van der Waals surface area contributed by atoms with Crippen LogP contribution in [0.5, 0.6) is 5.75 Å². The Kier molecular flexibility index (Phi) is 4.52. The Morgan fingerprint density at radius 2 is 2.16 bits per heavy atom. The van der Waals surface area contributed by atoms with Crippen molar-refractivity contribution in [3.05, 3.63) is 41.5 Å². The third-order valence-corrected chi connectivity index (χ3v) is 3.01. The number of hydrogen-bond acceptors (Lipinski definition) is 5. The number of nitrogens with two attached hydrogens (primary N) is 1. The fourth-order valence-corrected chi connectivity index (χ4v) is 1.84. The molecule has 1 aromatic heterocycles. The van der Waals surface area contributed by atoms with Gasteiger partial charge in [0.25, 0.3) is 0 Å². The minimum Gasteiger partial charge on any atom is -0.496 e. The first-order valence-electron chi connectivity index (χ1n) is 6.41. The Morgan fingerprint density at radius 3 is 2.89 bits per heavy atom. The predicted octanol–water partition coefficient (Wildman–Crippen LogP) is 1.95. The molecular formula is C14H19N3O2. The normalized spacial score (nSPS) is 12.4. The van der Waals surface area contributed by atoms with Crippen molar-refractivity contribution in [3.63, 3.8) is 0 Å². The Hall–Kier alpha value is -1.88. The summed E-state index contributed by atoms with van der Waals surface area (Å²) in [7, 11) is 1.65. The van der Waals surface area contributed by atoms with Crippen LogP contribution in [-0.4, -0.2) is 23.3 Å². The lowest BCUT2D eigenvalue weighted by molar-refractivity contribution is 0.373. The van der Waals surface area contributed by atoms with Gasteiger partial charge in [0.15, 0.2) is 5.82 Å². The molecule has 0 radical (unpaired) electrons. The summed E-state index contributed by atoms with van der Waals surface area (Å²) in [5, 5.41) is 3.95. The SMILES string of the molecule is CCC(N)Cc1noc(Cc2ccccc2OC)n1. The fraction of sp³-hybridized carbons (Fsp3) is 0.429. The molecule has 0 aliphatic carbocycles. The van der Waals surface area contributed by atoms with E-state index >= 15 is 0 Å². The van der Waals surface area contributed by atoms with E-state index in [1.807, 2.05) is 31.2 Å². The van der Waals surface area contributed by atoms with Gasteiger partial charge in [-0.05, 0) is 12.5 Å². The van der Waals surface area contributed by atoms with Crippen LogP contribution in [0.3, 0.4) is 0 Å². The van der Waals surface area contributed by atoms with E-state index in [0.29, 0.717) is 24.6 Å². The monoisotopic (exact) mass is 261 g/mol. The van der Waals surface area contributed by atoms with Crippen LogP contribution >= 0.6 is 0 Å². The summed E-state index contributed by atoms with van der Waals surface area (Å²) in [4.78, 5) is 4.36. The molecule has 5 heteroatoms. The summed E-state index contributed by atoms with van der Waals surface area (Å²) in [5.74, 6) is 2.08. The molecule has 5 nitrogen and oxygen atoms in total. The lowest BCUT2D eigenvalue weighted by Crippen LogP contribution is -2.22. The van der Waals surface area contributed by atoms with Gasteiger partial charge in [-0.3, -0.25) is 0 Å². The number of ether oxygens (including phenoxy) is 1. The molecule has 2 N–H and O–H groups in total. The second-order valence-corrected chi connectivity index (χ2v) is 4.47. The number of benzene rings is 1. The second-order valence-electron chi connectivity index (χ2n) is 4.47. The van der Waals surface area contributed by atoms with Crippen molar-refractivity contribution in [2.45, 2.75) is 32.2 Å². The highest BCUT2D eigenvalue weighted by atomic mass is 16.5. The maximum Gasteiger partial charge on any atom is 0.231 e. The van der Waals surface area contributed by atoms with E-state index in [9.17, 15) is 0 Å². The topological polar surface area (TPSA) is 74.2 Å². The van der Waals surface area contributed by atoms with Crippen LogP contribution in [0.15, 0.2) is 28.8 Å². The number of para-hydroxylation sites is 1. The average Bonchev–Trinajstić information content (AvgIpc) is 2.86. The zero-order valence-corrected chi connectivity index (χ0v) is 11.3. The van der Waals surface area contributed by atoms with E-state index in [-0.39, 0.29) is 6.04 Å². The van der Waals surface area contributed by atoms with Gasteiger partial charge in [0.2, 0.25) is 5.89 Å². The van der Waals surface area contributed by atoms with Crippen molar-refractivity contribution in [2.75, 3.05) is 7.11 Å². The van der Waals surface area contributed by atoms with Crippen LogP contribution in [0.4, 0.5) is 0 Å². The van der Waals surface area contributed by atoms with Crippen LogP contribution in [0, 0.1) is 0 Å². The lowest BCUT2D eigenvalue weighted by atomic mass is 10.1. The van der Waals surface area contributed by atoms with E-state index in [1.165, 1.54) is 0 Å². The first-order chi connectivity index (χ1) is 9.22. The van der Waals surface area contributed by atoms with Gasteiger partial charge < -0.3 is 15.0 Å². The van der Waals surface area contributed by atoms with Crippen molar-refractivity contribution < 1.29 is 9.26 Å². The van der Waals surface area contributed by atoms with Gasteiger partial charge in [0.05, 0.1) is 13.5 Å². The van der Waals surface area contributed by atoms with Crippen LogP contribution in [0.2, 0.25) is 0 Å². The van der Waals surface area contributed by atoms with Gasteiger partial charge in [0.1, 0.15) is 5.75 Å². The quantitative estimate of drug-likeness (QED) is 0.860. The summed E-state index contributed by atoms with van der Waals surface area (Å²) in [6.07, 6.45) is 2.11. The molecule has 0 aliphatic heterocycles. The van der Waals surface area contributed by atoms with Gasteiger partial charge in [0, 0.05) is 18.0 Å². The molecule has 1 unspecified atom stereocenters. The maximum atomic E-state index is 5.87. The van der Waals surface area contributed by atoms with E-state index in [0.717, 1.165) is 17.7 Å². The van der Waals surface area contributed by atoms with Gasteiger partial charge in [-0.25, -0.2) is 0 Å². The predicted molar refractivity (Wildman–Crippen MR) is 72.1 cm³/mol. The number of nitrogens with zero attached hydrogens (tertiary/aromatic N) is 2. The molecule has 1 heterocycles. The summed E-state index contributed by atoms with van der Waals surface area (Å²) in [6, 6.07) is 7.88. The maximum absolute atomic E-state index is 5.87. The molecule has 0 fully saturated rings. The largest absolute Gasteiger partial charge is 0.496 e. The first kappa shape index (κ1) is 13.5. The van der Waals surface area contributed by atoms with E-state index in [4.69, 9.17) is 15.0 Å². The van der Waals surface area contributed by atoms with Crippen LogP contribution in [0.1, 0.15) is 30.6 Å². The first-order valence-corrected chi connectivity index (χ1v) is 6.41. The smallest absolute Gasteiger partial charge is 0.231 e. The standard InChI is InChI=1S/C14H19N3O2/c1-3-11(15)9-13-16-14(19-17-13)8-10-6-4-5-7-12(10)18-2/h4-7,11H,3,8-9,15H2,1-2H3. The molecule has 1 aromatic carbocycles. The molecule has 0 saturated heterocycles. The molecular weight excluding hydrogens is 242 g/mol. The molecule has 102 valence electrons. The van der Waals surface area contributed by atoms with Crippen LogP contribution in [-0.2, 0) is 12.8 Å². The number of rotatable bonds is 6. The van der Waals surface area contributed by atoms with Crippen molar-refractivity contribution in [1.82, 2.24) is 10.1 Å². The van der Waals surface area contributed by atoms with Gasteiger partial charge in [-0.2, -0.15) is 4.98 Å². The summed E-state index contributed by atoms with van der Waals surface area (Å²) in [6.45, 7) is 2.04. The molecule has 0 amide bonds. The Morgan fingerprint density at radius 1 is 1.37 bits per heavy atom. The zero-order valence-electron chi connectivity index (χ0n) is 11.3. The van der Waals surface area contributed by atoms with Crippen molar-refractivity contribution in [3.8, 4) is 5.75 Å². The molecule has 0 spiro atoms. The third kappa shape index (κ3) is 3.54. The highest BCUT2D eigenvalue weighted by molar-refractivity contribution is 5.34. The van der Waals surface area contributed by atoms with Crippen molar-refractivity contribution in [1.29, 1.82) is 0 Å². The molecule has 2 rings (SSSR count). The average molecular weight is 261 g/mol. The van der Waals surface area contributed by atoms with E-state index in [1.54, 1.807) is 7.11 Å². The Labute approximate surface area is 112 Å². The van der Waals surface area contributed by atoms with Gasteiger partial charge in [-0.1, -0.05) is 30.3 Å². The zero-order chi connectivity index (χ0) is 13.7. The minimum absolute atomic E-state index is 0.0803. The number of methoxy groups -OCH3 is 1. The molecule has 0 saturated carbocycles. The molecule has 1 atom stereocenters. The van der Waals surface area contributed by atoms with Gasteiger partial charge in [-0.15, -0.1) is 0 Å². The fourth-order valence-electron chi connectivity index (χ4n) is 1.84. The number of aromatic nitrogens is 2. The number of hydrogen-bond donors (Lipinski definition) is 1. The Balaban J connectivity index is 2.07. The third-order valence-electron chi connectivity index (χ3n) is 3.01. The summed E-state index contributed by atoms with van der Waals surface area (Å²) in [5.41, 5.74) is 6.90.